The molecule has 1 aromatic rings. The highest BCUT2D eigenvalue weighted by atomic mass is 35.5. The van der Waals surface area contributed by atoms with Gasteiger partial charge in [-0.05, 0) is 31.6 Å². The smallest absolute Gasteiger partial charge is 0.0638 e. The van der Waals surface area contributed by atoms with Crippen molar-refractivity contribution in [2.24, 2.45) is 24.6 Å². The predicted octanol–water partition coefficient (Wildman–Crippen LogP) is 1.71. The summed E-state index contributed by atoms with van der Waals surface area (Å²) in [4.78, 5) is 2.57. The van der Waals surface area contributed by atoms with Crippen LogP contribution in [0.2, 0.25) is 0 Å². The van der Waals surface area contributed by atoms with E-state index in [0.29, 0.717) is 6.04 Å². The Balaban J connectivity index is 0.00000133. The molecule has 2 fully saturated rings. The fraction of sp³-hybridized carbons (Fsp3) is 0.786. The summed E-state index contributed by atoms with van der Waals surface area (Å²) in [7, 11) is 2.00. The van der Waals surface area contributed by atoms with Gasteiger partial charge in [0.25, 0.3) is 0 Å². The molecular weight excluding hydrogens is 260 g/mol. The average Bonchev–Trinajstić information content (AvgIpc) is 2.84. The van der Waals surface area contributed by atoms with Crippen molar-refractivity contribution in [1.29, 1.82) is 0 Å². The van der Waals surface area contributed by atoms with Crippen molar-refractivity contribution in [3.8, 4) is 0 Å². The lowest BCUT2D eigenvalue weighted by molar-refractivity contribution is 0.259. The number of fused-ring (bicyclic) bond motifs is 1. The summed E-state index contributed by atoms with van der Waals surface area (Å²) in [6.45, 7) is 5.55. The second kappa shape index (κ2) is 5.81. The number of nitrogens with zero attached hydrogens (tertiary/aromatic N) is 3. The number of hydrogen-bond acceptors (Lipinski definition) is 3. The van der Waals surface area contributed by atoms with Gasteiger partial charge in [0, 0.05) is 44.5 Å². The van der Waals surface area contributed by atoms with E-state index in [2.05, 4.69) is 23.1 Å². The predicted molar refractivity (Wildman–Crippen MR) is 79.3 cm³/mol. The quantitative estimate of drug-likeness (QED) is 0.899. The minimum atomic E-state index is 0. The summed E-state index contributed by atoms with van der Waals surface area (Å²) in [5.41, 5.74) is 8.80. The Kier molecular flexibility index (Phi) is 4.54. The lowest BCUT2D eigenvalue weighted by Gasteiger charge is -2.29. The highest BCUT2D eigenvalue weighted by molar-refractivity contribution is 5.85. The first-order valence-corrected chi connectivity index (χ1v) is 7.10. The lowest BCUT2D eigenvalue weighted by Crippen LogP contribution is -2.38. The van der Waals surface area contributed by atoms with Gasteiger partial charge in [-0.2, -0.15) is 5.10 Å². The molecule has 4 nitrogen and oxygen atoms in total. The summed E-state index contributed by atoms with van der Waals surface area (Å²) >= 11 is 0. The van der Waals surface area contributed by atoms with Crippen LogP contribution < -0.4 is 5.73 Å². The van der Waals surface area contributed by atoms with Gasteiger partial charge in [0.05, 0.1) is 5.69 Å². The van der Waals surface area contributed by atoms with E-state index in [0.717, 1.165) is 24.1 Å². The second-order valence-corrected chi connectivity index (χ2v) is 6.13. The van der Waals surface area contributed by atoms with Crippen molar-refractivity contribution in [2.45, 2.75) is 38.8 Å². The third kappa shape index (κ3) is 2.96. The molecule has 3 atom stereocenters. The van der Waals surface area contributed by atoms with Crippen LogP contribution in [0.4, 0.5) is 0 Å². The molecule has 108 valence electrons. The van der Waals surface area contributed by atoms with E-state index in [1.807, 2.05) is 11.7 Å². The molecule has 1 saturated carbocycles. The number of rotatable bonds is 2. The third-order valence-electron chi connectivity index (χ3n) is 4.74. The zero-order valence-corrected chi connectivity index (χ0v) is 12.7. The Morgan fingerprint density at radius 3 is 2.79 bits per heavy atom. The molecular formula is C14H25ClN4. The fourth-order valence-corrected chi connectivity index (χ4v) is 3.78. The van der Waals surface area contributed by atoms with Crippen molar-refractivity contribution in [3.63, 3.8) is 0 Å². The molecule has 0 bridgehead atoms. The largest absolute Gasteiger partial charge is 0.327 e. The number of nitrogens with two attached hydrogens (primary N) is 1. The van der Waals surface area contributed by atoms with Crippen LogP contribution in [0.5, 0.6) is 0 Å². The SMILES string of the molecule is Cc1nn(C)cc1CN1CC2CCCC(N)C2C1.Cl. The maximum Gasteiger partial charge on any atom is 0.0638 e. The Labute approximate surface area is 121 Å². The first-order valence-electron chi connectivity index (χ1n) is 7.10. The van der Waals surface area contributed by atoms with Crippen molar-refractivity contribution in [2.75, 3.05) is 13.1 Å². The van der Waals surface area contributed by atoms with Crippen molar-refractivity contribution < 1.29 is 0 Å². The zero-order valence-electron chi connectivity index (χ0n) is 11.9. The fourth-order valence-electron chi connectivity index (χ4n) is 3.78. The van der Waals surface area contributed by atoms with Crippen LogP contribution in [0.15, 0.2) is 6.20 Å². The summed E-state index contributed by atoms with van der Waals surface area (Å²) < 4.78 is 1.92. The highest BCUT2D eigenvalue weighted by Gasteiger charge is 2.38. The summed E-state index contributed by atoms with van der Waals surface area (Å²) in [6.07, 6.45) is 6.07. The Morgan fingerprint density at radius 1 is 1.37 bits per heavy atom. The maximum absolute atomic E-state index is 6.27. The van der Waals surface area contributed by atoms with E-state index >= 15 is 0 Å². The van der Waals surface area contributed by atoms with E-state index in [9.17, 15) is 0 Å². The number of aromatic nitrogens is 2. The first kappa shape index (κ1) is 14.8. The summed E-state index contributed by atoms with van der Waals surface area (Å²) in [5.74, 6) is 1.57. The average molecular weight is 285 g/mol. The molecule has 2 aliphatic rings. The van der Waals surface area contributed by atoms with Gasteiger partial charge in [0.2, 0.25) is 0 Å². The topological polar surface area (TPSA) is 47.1 Å². The molecule has 0 radical (unpaired) electrons. The van der Waals surface area contributed by atoms with E-state index in [-0.39, 0.29) is 12.4 Å². The normalized spacial score (nSPS) is 31.0. The van der Waals surface area contributed by atoms with E-state index in [1.54, 1.807) is 0 Å². The number of halogens is 1. The molecule has 2 N–H and O–H groups in total. The molecule has 0 amide bonds. The van der Waals surface area contributed by atoms with Crippen LogP contribution in [0.3, 0.4) is 0 Å². The van der Waals surface area contributed by atoms with Crippen LogP contribution in [-0.4, -0.2) is 33.8 Å². The number of hydrogen-bond donors (Lipinski definition) is 1. The first-order chi connectivity index (χ1) is 8.63. The van der Waals surface area contributed by atoms with Crippen molar-refractivity contribution in [1.82, 2.24) is 14.7 Å². The molecule has 1 aliphatic carbocycles. The summed E-state index contributed by atoms with van der Waals surface area (Å²) in [6, 6.07) is 0.434. The monoisotopic (exact) mass is 284 g/mol. The van der Waals surface area contributed by atoms with E-state index < -0.39 is 0 Å². The molecule has 0 spiro atoms. The second-order valence-electron chi connectivity index (χ2n) is 6.13. The van der Waals surface area contributed by atoms with E-state index in [1.165, 1.54) is 37.9 Å². The van der Waals surface area contributed by atoms with Crippen molar-refractivity contribution >= 4 is 12.4 Å². The maximum atomic E-state index is 6.27. The van der Waals surface area contributed by atoms with Gasteiger partial charge in [-0.1, -0.05) is 6.42 Å². The molecule has 19 heavy (non-hydrogen) atoms. The van der Waals surface area contributed by atoms with Gasteiger partial charge in [0.15, 0.2) is 0 Å². The van der Waals surface area contributed by atoms with Crippen LogP contribution >= 0.6 is 12.4 Å². The molecule has 3 rings (SSSR count). The van der Waals surface area contributed by atoms with Gasteiger partial charge < -0.3 is 5.73 Å². The molecule has 1 aliphatic heterocycles. The number of likely N-dealkylation sites (tertiary alicyclic amines) is 1. The van der Waals surface area contributed by atoms with Gasteiger partial charge in [-0.3, -0.25) is 9.58 Å². The van der Waals surface area contributed by atoms with E-state index in [4.69, 9.17) is 5.73 Å². The minimum Gasteiger partial charge on any atom is -0.327 e. The summed E-state index contributed by atoms with van der Waals surface area (Å²) in [5, 5.41) is 4.42. The third-order valence-corrected chi connectivity index (χ3v) is 4.74. The molecule has 2 heterocycles. The molecule has 5 heteroatoms. The number of aryl methyl sites for hydroxylation is 2. The minimum absolute atomic E-state index is 0. The van der Waals surface area contributed by atoms with Crippen LogP contribution in [-0.2, 0) is 13.6 Å². The Hall–Kier alpha value is -0.580. The van der Waals surface area contributed by atoms with Crippen molar-refractivity contribution in [3.05, 3.63) is 17.5 Å². The van der Waals surface area contributed by atoms with Gasteiger partial charge in [-0.25, -0.2) is 0 Å². The highest BCUT2D eigenvalue weighted by Crippen LogP contribution is 2.36. The molecule has 3 unspecified atom stereocenters. The lowest BCUT2D eigenvalue weighted by atomic mass is 9.78. The van der Waals surface area contributed by atoms with Crippen LogP contribution in [0.1, 0.15) is 30.5 Å². The molecule has 0 aromatic carbocycles. The molecule has 1 aromatic heterocycles. The van der Waals surface area contributed by atoms with Gasteiger partial charge in [-0.15, -0.1) is 12.4 Å². The zero-order chi connectivity index (χ0) is 12.7. The van der Waals surface area contributed by atoms with Gasteiger partial charge >= 0.3 is 0 Å². The van der Waals surface area contributed by atoms with Crippen LogP contribution in [0, 0.1) is 18.8 Å². The van der Waals surface area contributed by atoms with Gasteiger partial charge in [0.1, 0.15) is 0 Å². The standard InChI is InChI=1S/C14H24N4.ClH/c1-10-12(6-17(2)16-10)8-18-7-11-4-3-5-14(15)13(11)9-18;/h6,11,13-14H,3-5,7-9,15H2,1-2H3;1H. The Bertz CT molecular complexity index is 431. The Morgan fingerprint density at radius 2 is 2.16 bits per heavy atom. The molecule has 1 saturated heterocycles. The van der Waals surface area contributed by atoms with Crippen LogP contribution in [0.25, 0.3) is 0 Å².